The number of ether oxygens (including phenoxy) is 2. The Morgan fingerprint density at radius 1 is 1.04 bits per heavy atom. The molecule has 132 valence electrons. The Kier molecular flexibility index (Phi) is 5.94. The van der Waals surface area contributed by atoms with E-state index in [0.717, 1.165) is 24.3 Å². The van der Waals surface area contributed by atoms with Gasteiger partial charge in [0.2, 0.25) is 0 Å². The molecule has 25 heavy (non-hydrogen) atoms. The van der Waals surface area contributed by atoms with Gasteiger partial charge in [-0.1, -0.05) is 25.1 Å². The Bertz CT molecular complexity index is 663. The van der Waals surface area contributed by atoms with Crippen molar-refractivity contribution in [3.8, 4) is 11.5 Å². The van der Waals surface area contributed by atoms with Crippen LogP contribution < -0.4 is 14.8 Å². The van der Waals surface area contributed by atoms with Crippen LogP contribution in [0.5, 0.6) is 11.5 Å². The van der Waals surface area contributed by atoms with Crippen LogP contribution in [0.15, 0.2) is 54.6 Å². The summed E-state index contributed by atoms with van der Waals surface area (Å²) in [4.78, 5) is 12.4. The maximum Gasteiger partial charge on any atom is 0.265 e. The fourth-order valence-corrected chi connectivity index (χ4v) is 3.02. The predicted octanol–water partition coefficient (Wildman–Crippen LogP) is 4.80. The average molecular weight is 339 g/mol. The molecule has 1 aliphatic rings. The highest BCUT2D eigenvalue weighted by atomic mass is 16.5. The van der Waals surface area contributed by atoms with E-state index >= 15 is 0 Å². The quantitative estimate of drug-likeness (QED) is 0.788. The smallest absolute Gasteiger partial charge is 0.265 e. The summed E-state index contributed by atoms with van der Waals surface area (Å²) < 4.78 is 11.7. The van der Waals surface area contributed by atoms with Crippen LogP contribution in [0.3, 0.4) is 0 Å². The van der Waals surface area contributed by atoms with Crippen molar-refractivity contribution in [2.24, 2.45) is 0 Å². The van der Waals surface area contributed by atoms with Crippen LogP contribution in [-0.4, -0.2) is 18.1 Å². The first kappa shape index (κ1) is 17.3. The highest BCUT2D eigenvalue weighted by Crippen LogP contribution is 2.25. The normalized spacial score (nSPS) is 15.6. The third-order valence-electron chi connectivity index (χ3n) is 4.41. The largest absolute Gasteiger partial charge is 0.490 e. The number of hydrogen-bond acceptors (Lipinski definition) is 3. The zero-order chi connectivity index (χ0) is 17.5. The highest BCUT2D eigenvalue weighted by Gasteiger charge is 2.19. The zero-order valence-electron chi connectivity index (χ0n) is 14.6. The van der Waals surface area contributed by atoms with E-state index in [1.165, 1.54) is 12.8 Å². The third kappa shape index (κ3) is 4.99. The molecule has 0 radical (unpaired) electrons. The summed E-state index contributed by atoms with van der Waals surface area (Å²) in [6.45, 7) is 1.94. The molecule has 0 aromatic heterocycles. The lowest BCUT2D eigenvalue weighted by atomic mass is 10.2. The molecule has 1 N–H and O–H groups in total. The summed E-state index contributed by atoms with van der Waals surface area (Å²) >= 11 is 0. The highest BCUT2D eigenvalue weighted by molar-refractivity contribution is 5.94. The summed E-state index contributed by atoms with van der Waals surface area (Å²) in [6.07, 6.45) is 5.18. The molecule has 3 rings (SSSR count). The first-order chi connectivity index (χ1) is 12.2. The van der Waals surface area contributed by atoms with E-state index in [1.807, 2.05) is 61.5 Å². The lowest BCUT2D eigenvalue weighted by Gasteiger charge is -2.18. The van der Waals surface area contributed by atoms with E-state index in [9.17, 15) is 4.79 Å². The van der Waals surface area contributed by atoms with Crippen LogP contribution in [0, 0.1) is 0 Å². The lowest BCUT2D eigenvalue weighted by molar-refractivity contribution is -0.122. The standard InChI is InChI=1S/C21H25NO3/c1-2-20(25-18-8-4-3-5-9-18)21(23)22-16-12-14-19(15-13-16)24-17-10-6-7-11-17/h3-5,8-9,12-15,17,20H,2,6-7,10-11H2,1H3,(H,22,23). The van der Waals surface area contributed by atoms with Crippen molar-refractivity contribution in [2.75, 3.05) is 5.32 Å². The zero-order valence-corrected chi connectivity index (χ0v) is 14.6. The second kappa shape index (κ2) is 8.56. The van der Waals surface area contributed by atoms with Gasteiger partial charge in [0.15, 0.2) is 6.10 Å². The molecule has 0 saturated heterocycles. The summed E-state index contributed by atoms with van der Waals surface area (Å²) in [5, 5.41) is 2.91. The Labute approximate surface area is 149 Å². The van der Waals surface area contributed by atoms with Crippen LogP contribution in [-0.2, 0) is 4.79 Å². The molecule has 0 bridgehead atoms. The van der Waals surface area contributed by atoms with Gasteiger partial charge in [-0.2, -0.15) is 0 Å². The first-order valence-corrected chi connectivity index (χ1v) is 9.04. The number of rotatable bonds is 7. The van der Waals surface area contributed by atoms with Crippen molar-refractivity contribution in [1.29, 1.82) is 0 Å². The van der Waals surface area contributed by atoms with E-state index in [-0.39, 0.29) is 5.91 Å². The molecular formula is C21H25NO3. The number of carbonyl (C=O) groups is 1. The van der Waals surface area contributed by atoms with Crippen molar-refractivity contribution in [3.63, 3.8) is 0 Å². The minimum Gasteiger partial charge on any atom is -0.490 e. The van der Waals surface area contributed by atoms with Crippen LogP contribution >= 0.6 is 0 Å². The minimum atomic E-state index is -0.517. The summed E-state index contributed by atoms with van der Waals surface area (Å²) in [7, 11) is 0. The molecule has 1 unspecified atom stereocenters. The Hall–Kier alpha value is -2.49. The van der Waals surface area contributed by atoms with Gasteiger partial charge in [-0.15, -0.1) is 0 Å². The van der Waals surface area contributed by atoms with Gasteiger partial charge in [-0.25, -0.2) is 0 Å². The fraction of sp³-hybridized carbons (Fsp3) is 0.381. The molecule has 0 spiro atoms. The monoisotopic (exact) mass is 339 g/mol. The van der Waals surface area contributed by atoms with Crippen molar-refractivity contribution < 1.29 is 14.3 Å². The van der Waals surface area contributed by atoms with Gasteiger partial charge in [-0.3, -0.25) is 4.79 Å². The fourth-order valence-electron chi connectivity index (χ4n) is 3.02. The van der Waals surface area contributed by atoms with Crippen molar-refractivity contribution >= 4 is 11.6 Å². The predicted molar refractivity (Wildman–Crippen MR) is 99.1 cm³/mol. The Balaban J connectivity index is 1.55. The molecule has 1 aliphatic carbocycles. The van der Waals surface area contributed by atoms with Crippen LogP contribution in [0.25, 0.3) is 0 Å². The second-order valence-corrected chi connectivity index (χ2v) is 6.37. The topological polar surface area (TPSA) is 47.6 Å². The van der Waals surface area contributed by atoms with Gasteiger partial charge < -0.3 is 14.8 Å². The summed E-state index contributed by atoms with van der Waals surface area (Å²) in [6, 6.07) is 17.0. The van der Waals surface area contributed by atoms with E-state index in [1.54, 1.807) is 0 Å². The molecular weight excluding hydrogens is 314 g/mol. The molecule has 1 atom stereocenters. The maximum absolute atomic E-state index is 12.4. The molecule has 1 saturated carbocycles. The number of carbonyl (C=O) groups excluding carboxylic acids is 1. The second-order valence-electron chi connectivity index (χ2n) is 6.37. The number of amides is 1. The van der Waals surface area contributed by atoms with Crippen molar-refractivity contribution in [2.45, 2.75) is 51.2 Å². The summed E-state index contributed by atoms with van der Waals surface area (Å²) in [5.41, 5.74) is 0.749. The minimum absolute atomic E-state index is 0.143. The number of anilines is 1. The summed E-state index contributed by atoms with van der Waals surface area (Å²) in [5.74, 6) is 1.41. The van der Waals surface area contributed by atoms with E-state index in [4.69, 9.17) is 9.47 Å². The van der Waals surface area contributed by atoms with Crippen LogP contribution in [0.2, 0.25) is 0 Å². The van der Waals surface area contributed by atoms with E-state index < -0.39 is 6.10 Å². The number of benzene rings is 2. The number of hydrogen-bond donors (Lipinski definition) is 1. The average Bonchev–Trinajstić information content (AvgIpc) is 3.15. The molecule has 1 fully saturated rings. The van der Waals surface area contributed by atoms with Crippen LogP contribution in [0.4, 0.5) is 5.69 Å². The van der Waals surface area contributed by atoms with Crippen molar-refractivity contribution in [1.82, 2.24) is 0 Å². The van der Waals surface area contributed by atoms with Crippen molar-refractivity contribution in [3.05, 3.63) is 54.6 Å². The molecule has 0 heterocycles. The molecule has 2 aromatic rings. The number of nitrogens with one attached hydrogen (secondary N) is 1. The van der Waals surface area contributed by atoms with E-state index in [0.29, 0.717) is 18.3 Å². The lowest BCUT2D eigenvalue weighted by Crippen LogP contribution is -2.32. The van der Waals surface area contributed by atoms with Crippen LogP contribution in [0.1, 0.15) is 39.0 Å². The SMILES string of the molecule is CCC(Oc1ccccc1)C(=O)Nc1ccc(OC2CCCC2)cc1. The van der Waals surface area contributed by atoms with Gasteiger partial charge in [-0.05, 0) is 68.5 Å². The molecule has 1 amide bonds. The van der Waals surface area contributed by atoms with Gasteiger partial charge in [0, 0.05) is 5.69 Å². The molecule has 4 heteroatoms. The van der Waals surface area contributed by atoms with Gasteiger partial charge in [0.1, 0.15) is 11.5 Å². The Morgan fingerprint density at radius 2 is 1.72 bits per heavy atom. The van der Waals surface area contributed by atoms with E-state index in [2.05, 4.69) is 5.32 Å². The first-order valence-electron chi connectivity index (χ1n) is 9.04. The maximum atomic E-state index is 12.4. The molecule has 0 aliphatic heterocycles. The van der Waals surface area contributed by atoms with Gasteiger partial charge in [0.05, 0.1) is 6.10 Å². The van der Waals surface area contributed by atoms with Gasteiger partial charge >= 0.3 is 0 Å². The molecule has 2 aromatic carbocycles. The number of para-hydroxylation sites is 1. The third-order valence-corrected chi connectivity index (χ3v) is 4.41. The Morgan fingerprint density at radius 3 is 2.36 bits per heavy atom. The van der Waals surface area contributed by atoms with Gasteiger partial charge in [0.25, 0.3) is 5.91 Å². The molecule has 4 nitrogen and oxygen atoms in total.